The van der Waals surface area contributed by atoms with E-state index in [4.69, 9.17) is 4.74 Å². The van der Waals surface area contributed by atoms with E-state index in [-0.39, 0.29) is 22.9 Å². The lowest BCUT2D eigenvalue weighted by atomic mass is 9.89. The molecule has 8 nitrogen and oxygen atoms in total. The van der Waals surface area contributed by atoms with Gasteiger partial charge in [0.15, 0.2) is 0 Å². The number of carbonyl (C=O) groups is 1. The molecule has 180 valence electrons. The molecule has 35 heavy (non-hydrogen) atoms. The fourth-order valence-corrected chi connectivity index (χ4v) is 4.33. The zero-order valence-corrected chi connectivity index (χ0v) is 19.0. The zero-order chi connectivity index (χ0) is 25.5. The first-order valence-electron chi connectivity index (χ1n) is 10.6. The number of benzene rings is 2. The number of alkyl halides is 3. The number of nitrogens with one attached hydrogen (secondary N) is 1. The number of hydrogen-bond acceptors (Lipinski definition) is 6. The molecule has 0 aliphatic carbocycles. The van der Waals surface area contributed by atoms with Gasteiger partial charge in [0.1, 0.15) is 6.04 Å². The number of esters is 1. The van der Waals surface area contributed by atoms with E-state index in [0.29, 0.717) is 17.5 Å². The van der Waals surface area contributed by atoms with Crippen LogP contribution in [-0.2, 0) is 22.1 Å². The van der Waals surface area contributed by atoms with Crippen molar-refractivity contribution in [3.8, 4) is 6.07 Å². The topological polar surface area (TPSA) is 104 Å². The second kappa shape index (κ2) is 8.79. The van der Waals surface area contributed by atoms with Crippen LogP contribution in [0.4, 0.5) is 24.8 Å². The standard InChI is InChI=1S/C24H20F3N5O3/c1-4-15-10-14(12-28)8-9-18(15)20-19(21(33)35-3)13(2)31(22-29-30-23(34)32(20)22)17-7-5-6-16(11-17)24(25,26)27/h5-11,20H,4H2,1-3H3,(H,30,34)/t20-/m1/s1. The largest absolute Gasteiger partial charge is 0.466 e. The van der Waals surface area contributed by atoms with Gasteiger partial charge < -0.3 is 4.74 Å². The number of nitrogens with zero attached hydrogens (tertiary/aromatic N) is 4. The van der Waals surface area contributed by atoms with E-state index in [2.05, 4.69) is 16.3 Å². The van der Waals surface area contributed by atoms with Gasteiger partial charge in [-0.1, -0.05) is 19.1 Å². The number of fused-ring (bicyclic) bond motifs is 1. The number of ether oxygens (including phenoxy) is 1. The smallest absolute Gasteiger partial charge is 0.416 e. The number of aromatic amines is 1. The molecule has 0 amide bonds. The fraction of sp³-hybridized carbons (Fsp3) is 0.250. The Morgan fingerprint density at radius 3 is 2.63 bits per heavy atom. The fourth-order valence-electron chi connectivity index (χ4n) is 4.33. The van der Waals surface area contributed by atoms with Crippen LogP contribution >= 0.6 is 0 Å². The Hall–Kier alpha value is -4.33. The van der Waals surface area contributed by atoms with Gasteiger partial charge in [-0.05, 0) is 54.8 Å². The van der Waals surface area contributed by atoms with Crippen LogP contribution in [0.25, 0.3) is 0 Å². The lowest BCUT2D eigenvalue weighted by Gasteiger charge is -2.36. The van der Waals surface area contributed by atoms with Crippen molar-refractivity contribution in [3.63, 3.8) is 0 Å². The van der Waals surface area contributed by atoms with Crippen molar-refractivity contribution in [2.75, 3.05) is 12.0 Å². The number of allylic oxidation sites excluding steroid dienone is 1. The summed E-state index contributed by atoms with van der Waals surface area (Å²) < 4.78 is 46.5. The van der Waals surface area contributed by atoms with Gasteiger partial charge in [0, 0.05) is 11.4 Å². The summed E-state index contributed by atoms with van der Waals surface area (Å²) in [5, 5.41) is 15.7. The second-order valence-corrected chi connectivity index (χ2v) is 7.85. The number of carbonyl (C=O) groups excluding carboxylic acids is 1. The molecular formula is C24H20F3N5O3. The van der Waals surface area contributed by atoms with Gasteiger partial charge in [-0.25, -0.2) is 19.3 Å². The maximum absolute atomic E-state index is 13.4. The van der Waals surface area contributed by atoms with Gasteiger partial charge in [0.25, 0.3) is 0 Å². The van der Waals surface area contributed by atoms with Gasteiger partial charge in [0.2, 0.25) is 5.95 Å². The van der Waals surface area contributed by atoms with Gasteiger partial charge in [-0.3, -0.25) is 4.90 Å². The van der Waals surface area contributed by atoms with Crippen molar-refractivity contribution in [2.24, 2.45) is 0 Å². The summed E-state index contributed by atoms with van der Waals surface area (Å²) in [7, 11) is 1.18. The van der Waals surface area contributed by atoms with Crippen LogP contribution in [0.3, 0.4) is 0 Å². The maximum Gasteiger partial charge on any atom is 0.416 e. The van der Waals surface area contributed by atoms with Crippen LogP contribution in [0, 0.1) is 11.3 Å². The van der Waals surface area contributed by atoms with E-state index in [9.17, 15) is 28.0 Å². The summed E-state index contributed by atoms with van der Waals surface area (Å²) in [6.07, 6.45) is -4.10. The van der Waals surface area contributed by atoms with Gasteiger partial charge in [-0.15, -0.1) is 5.10 Å². The Morgan fingerprint density at radius 2 is 2.00 bits per heavy atom. The molecule has 0 spiro atoms. The molecule has 1 aliphatic heterocycles. The molecule has 0 unspecified atom stereocenters. The predicted molar refractivity (Wildman–Crippen MR) is 120 cm³/mol. The molecule has 0 saturated carbocycles. The molecule has 11 heteroatoms. The average molecular weight is 483 g/mol. The highest BCUT2D eigenvalue weighted by Gasteiger charge is 2.40. The van der Waals surface area contributed by atoms with E-state index >= 15 is 0 Å². The molecule has 3 aromatic rings. The Kier molecular flexibility index (Phi) is 5.98. The van der Waals surface area contributed by atoms with E-state index in [1.165, 1.54) is 28.7 Å². The highest BCUT2D eigenvalue weighted by atomic mass is 19.4. The average Bonchev–Trinajstić information content (AvgIpc) is 3.22. The molecule has 1 atom stereocenters. The first kappa shape index (κ1) is 23.8. The molecule has 0 saturated heterocycles. The monoisotopic (exact) mass is 483 g/mol. The summed E-state index contributed by atoms with van der Waals surface area (Å²) >= 11 is 0. The number of anilines is 2. The Morgan fingerprint density at radius 1 is 1.26 bits per heavy atom. The SMILES string of the molecule is CCc1cc(C#N)ccc1[C@@H]1C(C(=O)OC)=C(C)N(c2cccc(C(F)(F)F)c2)c2n[nH]c(=O)n21. The molecule has 1 aromatic heterocycles. The number of aromatic nitrogens is 3. The molecular weight excluding hydrogens is 463 g/mol. The number of hydrogen-bond donors (Lipinski definition) is 1. The summed E-state index contributed by atoms with van der Waals surface area (Å²) in [5.74, 6) is -0.745. The highest BCUT2D eigenvalue weighted by molar-refractivity contribution is 5.93. The van der Waals surface area contributed by atoms with Crippen molar-refractivity contribution >= 4 is 17.6 Å². The van der Waals surface area contributed by atoms with E-state index in [1.807, 2.05) is 6.92 Å². The first-order chi connectivity index (χ1) is 16.6. The van der Waals surface area contributed by atoms with Crippen LogP contribution in [0.5, 0.6) is 0 Å². The number of halogens is 3. The Balaban J connectivity index is 2.03. The molecule has 2 aromatic carbocycles. The predicted octanol–water partition coefficient (Wildman–Crippen LogP) is 4.21. The molecule has 4 rings (SSSR count). The third-order valence-electron chi connectivity index (χ3n) is 5.93. The van der Waals surface area contributed by atoms with Crippen LogP contribution in [-0.4, -0.2) is 27.8 Å². The van der Waals surface area contributed by atoms with Crippen molar-refractivity contribution in [1.82, 2.24) is 14.8 Å². The van der Waals surface area contributed by atoms with Crippen LogP contribution in [0.2, 0.25) is 0 Å². The van der Waals surface area contributed by atoms with Gasteiger partial charge in [0.05, 0.1) is 29.9 Å². The molecule has 2 heterocycles. The molecule has 0 bridgehead atoms. The van der Waals surface area contributed by atoms with Crippen molar-refractivity contribution < 1.29 is 22.7 Å². The summed E-state index contributed by atoms with van der Waals surface area (Å²) in [4.78, 5) is 27.3. The third kappa shape index (κ3) is 3.97. The quantitative estimate of drug-likeness (QED) is 0.558. The lowest BCUT2D eigenvalue weighted by Crippen LogP contribution is -2.38. The molecule has 1 N–H and O–H groups in total. The maximum atomic E-state index is 13.4. The van der Waals surface area contributed by atoms with Crippen molar-refractivity contribution in [3.05, 3.63) is 86.5 Å². The van der Waals surface area contributed by atoms with Crippen molar-refractivity contribution in [2.45, 2.75) is 32.5 Å². The zero-order valence-electron chi connectivity index (χ0n) is 19.0. The van der Waals surface area contributed by atoms with Gasteiger partial charge >= 0.3 is 17.8 Å². The molecule has 0 radical (unpaired) electrons. The number of H-pyrrole nitrogens is 1. The normalized spacial score (nSPS) is 15.6. The Bertz CT molecular complexity index is 1450. The second-order valence-electron chi connectivity index (χ2n) is 7.85. The number of nitriles is 1. The molecule has 0 fully saturated rings. The van der Waals surface area contributed by atoms with E-state index in [0.717, 1.165) is 17.7 Å². The minimum atomic E-state index is -4.60. The van der Waals surface area contributed by atoms with Crippen LogP contribution in [0.15, 0.2) is 58.5 Å². The number of methoxy groups -OCH3 is 1. The van der Waals surface area contributed by atoms with Crippen molar-refractivity contribution in [1.29, 1.82) is 5.26 Å². The molecule has 1 aliphatic rings. The number of rotatable bonds is 4. The van der Waals surface area contributed by atoms with Crippen LogP contribution < -0.4 is 10.6 Å². The van der Waals surface area contributed by atoms with E-state index in [1.54, 1.807) is 25.1 Å². The number of aryl methyl sites for hydroxylation is 1. The van der Waals surface area contributed by atoms with Crippen LogP contribution in [0.1, 0.15) is 42.1 Å². The summed E-state index contributed by atoms with van der Waals surface area (Å²) in [6, 6.07) is 10.5. The lowest BCUT2D eigenvalue weighted by molar-refractivity contribution is -0.138. The first-order valence-corrected chi connectivity index (χ1v) is 10.6. The van der Waals surface area contributed by atoms with Gasteiger partial charge in [-0.2, -0.15) is 18.4 Å². The van der Waals surface area contributed by atoms with E-state index < -0.39 is 29.4 Å². The third-order valence-corrected chi connectivity index (χ3v) is 5.93. The summed E-state index contributed by atoms with van der Waals surface area (Å²) in [5.41, 5.74) is 0.505. The minimum absolute atomic E-state index is 0.0101. The summed E-state index contributed by atoms with van der Waals surface area (Å²) in [6.45, 7) is 3.42. The minimum Gasteiger partial charge on any atom is -0.466 e. The Labute approximate surface area is 197 Å². The highest BCUT2D eigenvalue weighted by Crippen LogP contribution is 2.43.